The topological polar surface area (TPSA) is 70.3 Å². The number of nitrogens with zero attached hydrogens (tertiary/aromatic N) is 1. The molecule has 0 bridgehead atoms. The summed E-state index contributed by atoms with van der Waals surface area (Å²) >= 11 is 0. The SMILES string of the molecule is CC(C)(C)O/C(C#N)=C/C1[C@@H](C(=O)O)C1(C)C. The molecule has 2 atom stereocenters. The molecule has 4 nitrogen and oxygen atoms in total. The van der Waals surface area contributed by atoms with Crippen LogP contribution in [0.15, 0.2) is 11.8 Å². The van der Waals surface area contributed by atoms with Gasteiger partial charge in [0.2, 0.25) is 0 Å². The van der Waals surface area contributed by atoms with Crippen LogP contribution in [0, 0.1) is 28.6 Å². The first-order valence-corrected chi connectivity index (χ1v) is 5.63. The third-order valence-electron chi connectivity index (χ3n) is 3.03. The molecule has 0 amide bonds. The largest absolute Gasteiger partial charge is 0.481 e. The summed E-state index contributed by atoms with van der Waals surface area (Å²) in [5.74, 6) is -1.16. The summed E-state index contributed by atoms with van der Waals surface area (Å²) in [6, 6.07) is 1.97. The van der Waals surface area contributed by atoms with Crippen LogP contribution in [0.25, 0.3) is 0 Å². The lowest BCUT2D eigenvalue weighted by Crippen LogP contribution is -2.18. The molecule has 0 aromatic heterocycles. The third-order valence-corrected chi connectivity index (χ3v) is 3.03. The Morgan fingerprint density at radius 1 is 1.47 bits per heavy atom. The molecule has 94 valence electrons. The number of hydrogen-bond donors (Lipinski definition) is 1. The zero-order valence-electron chi connectivity index (χ0n) is 10.9. The molecule has 1 unspecified atom stereocenters. The smallest absolute Gasteiger partial charge is 0.307 e. The summed E-state index contributed by atoms with van der Waals surface area (Å²) in [5, 5.41) is 18.0. The van der Waals surface area contributed by atoms with E-state index >= 15 is 0 Å². The number of nitriles is 1. The molecule has 1 aliphatic carbocycles. The van der Waals surface area contributed by atoms with Crippen LogP contribution in [0.3, 0.4) is 0 Å². The molecule has 1 saturated carbocycles. The fourth-order valence-corrected chi connectivity index (χ4v) is 2.05. The fourth-order valence-electron chi connectivity index (χ4n) is 2.05. The predicted molar refractivity (Wildman–Crippen MR) is 62.9 cm³/mol. The van der Waals surface area contributed by atoms with Gasteiger partial charge in [-0.3, -0.25) is 4.79 Å². The van der Waals surface area contributed by atoms with E-state index in [1.807, 2.05) is 40.7 Å². The molecule has 0 saturated heterocycles. The maximum atomic E-state index is 11.0. The standard InChI is InChI=1S/C13H19NO3/c1-12(2,3)17-8(7-14)6-9-10(11(15)16)13(9,4)5/h6,9-10H,1-5H3,(H,15,16)/b8-6+/t9?,10-/m0/s1. The fraction of sp³-hybridized carbons (Fsp3) is 0.692. The van der Waals surface area contributed by atoms with Gasteiger partial charge in [-0.05, 0) is 32.3 Å². The van der Waals surface area contributed by atoms with Gasteiger partial charge in [0, 0.05) is 5.92 Å². The highest BCUT2D eigenvalue weighted by Crippen LogP contribution is 2.59. The summed E-state index contributed by atoms with van der Waals surface area (Å²) in [6.07, 6.45) is 1.64. The van der Waals surface area contributed by atoms with Crippen LogP contribution in [0.1, 0.15) is 34.6 Å². The van der Waals surface area contributed by atoms with E-state index in [0.29, 0.717) is 0 Å². The maximum absolute atomic E-state index is 11.0. The Kier molecular flexibility index (Phi) is 3.24. The minimum absolute atomic E-state index is 0.128. The average molecular weight is 237 g/mol. The zero-order valence-corrected chi connectivity index (χ0v) is 10.9. The summed E-state index contributed by atoms with van der Waals surface area (Å²) in [6.45, 7) is 9.33. The van der Waals surface area contributed by atoms with E-state index in [0.717, 1.165) is 0 Å². The Labute approximate surface area is 102 Å². The Morgan fingerprint density at radius 2 is 2.00 bits per heavy atom. The highest BCUT2D eigenvalue weighted by molar-refractivity contribution is 5.76. The van der Waals surface area contributed by atoms with Gasteiger partial charge in [0.15, 0.2) is 5.76 Å². The number of carboxylic acid groups (broad SMARTS) is 1. The van der Waals surface area contributed by atoms with E-state index in [1.54, 1.807) is 6.08 Å². The molecule has 0 aromatic carbocycles. The molecule has 0 spiro atoms. The highest BCUT2D eigenvalue weighted by Gasteiger charge is 2.61. The van der Waals surface area contributed by atoms with Crippen molar-refractivity contribution in [3.05, 3.63) is 11.8 Å². The van der Waals surface area contributed by atoms with Gasteiger partial charge in [0.1, 0.15) is 11.7 Å². The molecule has 1 N–H and O–H groups in total. The van der Waals surface area contributed by atoms with Crippen molar-refractivity contribution in [1.82, 2.24) is 0 Å². The van der Waals surface area contributed by atoms with Crippen LogP contribution in [0.5, 0.6) is 0 Å². The highest BCUT2D eigenvalue weighted by atomic mass is 16.5. The number of rotatable bonds is 3. The molecule has 1 fully saturated rings. The molecule has 0 radical (unpaired) electrons. The minimum Gasteiger partial charge on any atom is -0.481 e. The van der Waals surface area contributed by atoms with Gasteiger partial charge in [-0.2, -0.15) is 5.26 Å². The maximum Gasteiger partial charge on any atom is 0.307 e. The second-order valence-electron chi connectivity index (χ2n) is 6.02. The summed E-state index contributed by atoms with van der Waals surface area (Å²) < 4.78 is 5.47. The predicted octanol–water partition coefficient (Wildman–Crippen LogP) is 2.57. The Bertz CT molecular complexity index is 396. The van der Waals surface area contributed by atoms with Crippen molar-refractivity contribution in [3.63, 3.8) is 0 Å². The lowest BCUT2D eigenvalue weighted by atomic mass is 10.1. The number of hydrogen-bond acceptors (Lipinski definition) is 3. The van der Waals surface area contributed by atoms with Crippen LogP contribution < -0.4 is 0 Å². The molecule has 0 aromatic rings. The van der Waals surface area contributed by atoms with Gasteiger partial charge >= 0.3 is 5.97 Å². The summed E-state index contributed by atoms with van der Waals surface area (Å²) in [5.41, 5.74) is -0.742. The Balaban J connectivity index is 2.83. The van der Waals surface area contributed by atoms with Gasteiger partial charge in [0.25, 0.3) is 0 Å². The number of aliphatic carboxylic acids is 1. The van der Waals surface area contributed by atoms with Crippen molar-refractivity contribution >= 4 is 5.97 Å². The number of carboxylic acids is 1. The van der Waals surface area contributed by atoms with Crippen LogP contribution in [0.4, 0.5) is 0 Å². The van der Waals surface area contributed by atoms with Crippen LogP contribution in [-0.4, -0.2) is 16.7 Å². The summed E-state index contributed by atoms with van der Waals surface area (Å²) in [4.78, 5) is 11.0. The second-order valence-corrected chi connectivity index (χ2v) is 6.02. The van der Waals surface area contributed by atoms with Crippen molar-refractivity contribution in [2.24, 2.45) is 17.3 Å². The number of carbonyl (C=O) groups is 1. The number of allylic oxidation sites excluding steroid dienone is 2. The third kappa shape index (κ3) is 3.00. The first kappa shape index (κ1) is 13.6. The normalized spacial score (nSPS) is 27.2. The first-order chi connectivity index (χ1) is 7.59. The van der Waals surface area contributed by atoms with Crippen molar-refractivity contribution in [1.29, 1.82) is 5.26 Å². The van der Waals surface area contributed by atoms with Crippen LogP contribution in [-0.2, 0) is 9.53 Å². The molecule has 1 rings (SSSR count). The summed E-state index contributed by atoms with van der Waals surface area (Å²) in [7, 11) is 0. The second kappa shape index (κ2) is 4.06. The molecule has 1 aliphatic rings. The monoisotopic (exact) mass is 237 g/mol. The molecule has 0 heterocycles. The van der Waals surface area contributed by atoms with E-state index in [4.69, 9.17) is 15.1 Å². The van der Waals surface area contributed by atoms with E-state index in [-0.39, 0.29) is 17.1 Å². The van der Waals surface area contributed by atoms with Crippen molar-refractivity contribution in [3.8, 4) is 6.07 Å². The van der Waals surface area contributed by atoms with Gasteiger partial charge in [-0.25, -0.2) is 0 Å². The lowest BCUT2D eigenvalue weighted by Gasteiger charge is -2.20. The quantitative estimate of drug-likeness (QED) is 0.605. The zero-order chi connectivity index (χ0) is 13.4. The van der Waals surface area contributed by atoms with Gasteiger partial charge < -0.3 is 9.84 Å². The van der Waals surface area contributed by atoms with E-state index in [2.05, 4.69) is 0 Å². The molecule has 17 heavy (non-hydrogen) atoms. The Morgan fingerprint density at radius 3 is 2.29 bits per heavy atom. The molecule has 4 heteroatoms. The van der Waals surface area contributed by atoms with Crippen molar-refractivity contribution in [2.45, 2.75) is 40.2 Å². The van der Waals surface area contributed by atoms with E-state index in [9.17, 15) is 4.79 Å². The van der Waals surface area contributed by atoms with Gasteiger partial charge in [-0.15, -0.1) is 0 Å². The molecular weight excluding hydrogens is 218 g/mol. The van der Waals surface area contributed by atoms with Gasteiger partial charge in [-0.1, -0.05) is 13.8 Å². The first-order valence-electron chi connectivity index (χ1n) is 5.63. The van der Waals surface area contributed by atoms with Crippen LogP contribution >= 0.6 is 0 Å². The van der Waals surface area contributed by atoms with Crippen LogP contribution in [0.2, 0.25) is 0 Å². The average Bonchev–Trinajstić information content (AvgIpc) is 2.64. The van der Waals surface area contributed by atoms with Crippen molar-refractivity contribution in [2.75, 3.05) is 0 Å². The van der Waals surface area contributed by atoms with Gasteiger partial charge in [0.05, 0.1) is 5.92 Å². The van der Waals surface area contributed by atoms with E-state index in [1.165, 1.54) is 0 Å². The molecule has 0 aliphatic heterocycles. The minimum atomic E-state index is -0.815. The van der Waals surface area contributed by atoms with E-state index < -0.39 is 17.5 Å². The van der Waals surface area contributed by atoms with Crippen molar-refractivity contribution < 1.29 is 14.6 Å². The lowest BCUT2D eigenvalue weighted by molar-refractivity contribution is -0.139. The Hall–Kier alpha value is -1.50. The number of ether oxygens (including phenoxy) is 1. The molecular formula is C13H19NO3.